The molecule has 1 aromatic heterocycles. The number of benzene rings is 6. The van der Waals surface area contributed by atoms with Gasteiger partial charge in [0.2, 0.25) is 0 Å². The standard InChI is InChI=1S/C46H36N2/c1-46(2)41-22-11-9-20-36(41)39-29-38(33-16-7-4-8-17-33)43(30-42(39)46)47-34-25-27-45-40(28-34)37-21-10-12-23-44(37)48(45)35-19-13-18-32(24-26-35)31-14-5-3-6-15-31/h3-30,35,47H,1-2H3. The highest BCUT2D eigenvalue weighted by Gasteiger charge is 2.36. The number of nitrogens with one attached hydrogen (secondary N) is 1. The first-order valence-corrected chi connectivity index (χ1v) is 16.8. The SMILES string of the molecule is CC1(C)c2ccccc2-c2cc(-c3ccccc3)c(Nc3ccc4c(c3)c3ccccc3n4C3C=CC=C(c4ccccc4)C=C3)cc21. The van der Waals surface area contributed by atoms with Gasteiger partial charge in [0.1, 0.15) is 0 Å². The van der Waals surface area contributed by atoms with E-state index in [0.29, 0.717) is 0 Å². The molecule has 2 heteroatoms. The topological polar surface area (TPSA) is 17.0 Å². The normalized spacial score (nSPS) is 16.0. The van der Waals surface area contributed by atoms with E-state index in [1.807, 2.05) is 0 Å². The van der Waals surface area contributed by atoms with Crippen LogP contribution < -0.4 is 5.32 Å². The van der Waals surface area contributed by atoms with E-state index in [2.05, 4.69) is 194 Å². The van der Waals surface area contributed by atoms with Crippen LogP contribution in [0.5, 0.6) is 0 Å². The Bertz CT molecular complexity index is 2440. The van der Waals surface area contributed by atoms with Gasteiger partial charge in [-0.2, -0.15) is 0 Å². The molecule has 0 bridgehead atoms. The Morgan fingerprint density at radius 2 is 1.27 bits per heavy atom. The molecule has 2 aliphatic carbocycles. The molecule has 48 heavy (non-hydrogen) atoms. The zero-order valence-electron chi connectivity index (χ0n) is 27.2. The summed E-state index contributed by atoms with van der Waals surface area (Å²) < 4.78 is 2.47. The molecule has 1 heterocycles. The van der Waals surface area contributed by atoms with Crippen molar-refractivity contribution in [3.05, 3.63) is 187 Å². The largest absolute Gasteiger partial charge is 0.355 e. The molecule has 0 fully saturated rings. The number of fused-ring (bicyclic) bond motifs is 6. The number of para-hydroxylation sites is 1. The van der Waals surface area contributed by atoms with Crippen LogP contribution in [0.25, 0.3) is 49.6 Å². The van der Waals surface area contributed by atoms with E-state index in [-0.39, 0.29) is 11.5 Å². The smallest absolute Gasteiger partial charge is 0.0713 e. The summed E-state index contributed by atoms with van der Waals surface area (Å²) in [7, 11) is 0. The number of aromatic nitrogens is 1. The summed E-state index contributed by atoms with van der Waals surface area (Å²) >= 11 is 0. The molecule has 0 aliphatic heterocycles. The van der Waals surface area contributed by atoms with Crippen LogP contribution in [0.2, 0.25) is 0 Å². The van der Waals surface area contributed by atoms with Crippen molar-refractivity contribution in [3.8, 4) is 22.3 Å². The van der Waals surface area contributed by atoms with Gasteiger partial charge in [-0.15, -0.1) is 0 Å². The lowest BCUT2D eigenvalue weighted by Gasteiger charge is -2.23. The van der Waals surface area contributed by atoms with Crippen LogP contribution in [0.1, 0.15) is 36.6 Å². The molecule has 2 aliphatic rings. The molecule has 2 nitrogen and oxygen atoms in total. The van der Waals surface area contributed by atoms with E-state index in [9.17, 15) is 0 Å². The second-order valence-corrected chi connectivity index (χ2v) is 13.4. The first-order valence-electron chi connectivity index (χ1n) is 16.8. The Labute approximate surface area is 282 Å². The van der Waals surface area contributed by atoms with Gasteiger partial charge in [0, 0.05) is 38.6 Å². The lowest BCUT2D eigenvalue weighted by molar-refractivity contribution is 0.660. The molecule has 0 amide bonds. The highest BCUT2D eigenvalue weighted by atomic mass is 15.0. The molecule has 0 spiro atoms. The van der Waals surface area contributed by atoms with Gasteiger partial charge in [0.05, 0.1) is 11.6 Å². The zero-order chi connectivity index (χ0) is 32.2. The van der Waals surface area contributed by atoms with Crippen molar-refractivity contribution in [1.29, 1.82) is 0 Å². The maximum Gasteiger partial charge on any atom is 0.0713 e. The summed E-state index contributed by atoms with van der Waals surface area (Å²) in [5.74, 6) is 0. The minimum atomic E-state index is -0.0794. The Kier molecular flexibility index (Phi) is 6.58. The van der Waals surface area contributed by atoms with Crippen molar-refractivity contribution in [2.75, 3.05) is 5.32 Å². The molecule has 7 aromatic rings. The van der Waals surface area contributed by atoms with E-state index in [0.717, 1.165) is 11.4 Å². The molecule has 0 saturated carbocycles. The third-order valence-electron chi connectivity index (χ3n) is 10.3. The number of anilines is 2. The first kappa shape index (κ1) is 28.4. The Morgan fingerprint density at radius 1 is 0.562 bits per heavy atom. The van der Waals surface area contributed by atoms with Crippen LogP contribution >= 0.6 is 0 Å². The fraction of sp³-hybridized carbons (Fsp3) is 0.0870. The molecule has 1 N–H and O–H groups in total. The molecule has 1 atom stereocenters. The minimum Gasteiger partial charge on any atom is -0.355 e. The predicted octanol–water partition coefficient (Wildman–Crippen LogP) is 12.3. The highest BCUT2D eigenvalue weighted by molar-refractivity contribution is 6.09. The average molecular weight is 617 g/mol. The lowest BCUT2D eigenvalue weighted by Crippen LogP contribution is -2.15. The van der Waals surface area contributed by atoms with E-state index in [4.69, 9.17) is 0 Å². The summed E-state index contributed by atoms with van der Waals surface area (Å²) in [6.07, 6.45) is 11.3. The van der Waals surface area contributed by atoms with Crippen LogP contribution in [0.15, 0.2) is 170 Å². The first-order chi connectivity index (χ1) is 23.6. The van der Waals surface area contributed by atoms with Crippen molar-refractivity contribution in [1.82, 2.24) is 4.57 Å². The second kappa shape index (κ2) is 11.1. The Balaban J connectivity index is 1.15. The monoisotopic (exact) mass is 616 g/mol. The predicted molar refractivity (Wildman–Crippen MR) is 204 cm³/mol. The Hall–Kier alpha value is -5.86. The van der Waals surface area contributed by atoms with Gasteiger partial charge < -0.3 is 9.88 Å². The minimum absolute atomic E-state index is 0.0794. The maximum absolute atomic E-state index is 3.90. The molecular weight excluding hydrogens is 581 g/mol. The van der Waals surface area contributed by atoms with Gasteiger partial charge in [-0.25, -0.2) is 0 Å². The van der Waals surface area contributed by atoms with Gasteiger partial charge in [-0.1, -0.05) is 147 Å². The quantitative estimate of drug-likeness (QED) is 0.204. The van der Waals surface area contributed by atoms with Crippen molar-refractivity contribution in [2.45, 2.75) is 25.3 Å². The molecule has 0 radical (unpaired) electrons. The number of nitrogens with zero attached hydrogens (tertiary/aromatic N) is 1. The number of hydrogen-bond acceptors (Lipinski definition) is 1. The van der Waals surface area contributed by atoms with E-state index < -0.39 is 0 Å². The third kappa shape index (κ3) is 4.56. The van der Waals surface area contributed by atoms with Crippen molar-refractivity contribution in [3.63, 3.8) is 0 Å². The zero-order valence-corrected chi connectivity index (χ0v) is 27.2. The molecule has 9 rings (SSSR count). The molecular formula is C46H36N2. The summed E-state index contributed by atoms with van der Waals surface area (Å²) in [6, 6.07) is 50.7. The van der Waals surface area contributed by atoms with Crippen LogP contribution in [-0.4, -0.2) is 4.57 Å². The van der Waals surface area contributed by atoms with Crippen molar-refractivity contribution < 1.29 is 0 Å². The van der Waals surface area contributed by atoms with E-state index in [1.165, 1.54) is 66.3 Å². The summed E-state index contributed by atoms with van der Waals surface area (Å²) in [5, 5.41) is 6.40. The van der Waals surface area contributed by atoms with Crippen LogP contribution in [0.4, 0.5) is 11.4 Å². The Morgan fingerprint density at radius 3 is 2.10 bits per heavy atom. The maximum atomic E-state index is 3.90. The molecule has 230 valence electrons. The summed E-state index contributed by atoms with van der Waals surface area (Å²) in [4.78, 5) is 0. The van der Waals surface area contributed by atoms with Gasteiger partial charge in [0.25, 0.3) is 0 Å². The number of hydrogen-bond donors (Lipinski definition) is 1. The third-order valence-corrected chi connectivity index (χ3v) is 10.3. The number of allylic oxidation sites excluding steroid dienone is 6. The van der Waals surface area contributed by atoms with E-state index in [1.54, 1.807) is 0 Å². The summed E-state index contributed by atoms with van der Waals surface area (Å²) in [6.45, 7) is 4.69. The van der Waals surface area contributed by atoms with Crippen LogP contribution in [0.3, 0.4) is 0 Å². The molecule has 1 unspecified atom stereocenters. The fourth-order valence-electron chi connectivity index (χ4n) is 7.86. The van der Waals surface area contributed by atoms with Gasteiger partial charge in [-0.3, -0.25) is 0 Å². The van der Waals surface area contributed by atoms with Crippen LogP contribution in [-0.2, 0) is 5.41 Å². The van der Waals surface area contributed by atoms with Crippen molar-refractivity contribution >= 4 is 38.8 Å². The van der Waals surface area contributed by atoms with Gasteiger partial charge >= 0.3 is 0 Å². The fourth-order valence-corrected chi connectivity index (χ4v) is 7.86. The van der Waals surface area contributed by atoms with Crippen LogP contribution in [0, 0.1) is 0 Å². The molecule has 6 aromatic carbocycles. The van der Waals surface area contributed by atoms with E-state index >= 15 is 0 Å². The van der Waals surface area contributed by atoms with Crippen molar-refractivity contribution in [2.24, 2.45) is 0 Å². The molecule has 0 saturated heterocycles. The van der Waals surface area contributed by atoms with Gasteiger partial charge in [-0.05, 0) is 75.4 Å². The summed E-state index contributed by atoms with van der Waals surface area (Å²) in [5.41, 5.74) is 14.8. The lowest BCUT2D eigenvalue weighted by atomic mass is 9.82. The van der Waals surface area contributed by atoms with Gasteiger partial charge in [0.15, 0.2) is 0 Å². The number of rotatable bonds is 5. The second-order valence-electron chi connectivity index (χ2n) is 13.4. The highest BCUT2D eigenvalue weighted by Crippen LogP contribution is 2.51. The average Bonchev–Trinajstić information content (AvgIpc) is 3.41.